The fraction of sp³-hybridized carbons (Fsp3) is 0.875. The summed E-state index contributed by atoms with van der Waals surface area (Å²) in [5.74, 6) is 0.165. The van der Waals surface area contributed by atoms with Gasteiger partial charge in [-0.2, -0.15) is 0 Å². The van der Waals surface area contributed by atoms with Gasteiger partial charge in [-0.15, -0.1) is 0 Å². The van der Waals surface area contributed by atoms with Gasteiger partial charge in [-0.05, 0) is 19.3 Å². The van der Waals surface area contributed by atoms with E-state index in [0.29, 0.717) is 25.0 Å². The molecule has 0 bridgehead atoms. The van der Waals surface area contributed by atoms with Crippen molar-refractivity contribution in [2.45, 2.75) is 84.0 Å². The molecule has 112 valence electrons. The van der Waals surface area contributed by atoms with Crippen molar-refractivity contribution in [1.82, 2.24) is 0 Å². The molecular formula is C16H30O3. The van der Waals surface area contributed by atoms with E-state index < -0.39 is 0 Å². The van der Waals surface area contributed by atoms with E-state index in [2.05, 4.69) is 11.7 Å². The number of methoxy groups -OCH3 is 1. The molecule has 0 atom stereocenters. The molecule has 0 aromatic rings. The number of unbranched alkanes of at least 4 members (excludes halogenated alkanes) is 7. The highest BCUT2D eigenvalue weighted by molar-refractivity contribution is 5.78. The van der Waals surface area contributed by atoms with Crippen molar-refractivity contribution in [1.29, 1.82) is 0 Å². The van der Waals surface area contributed by atoms with Crippen LogP contribution in [-0.4, -0.2) is 18.9 Å². The van der Waals surface area contributed by atoms with Gasteiger partial charge in [0.2, 0.25) is 0 Å². The first-order chi connectivity index (χ1) is 9.20. The lowest BCUT2D eigenvalue weighted by Crippen LogP contribution is -2.01. The summed E-state index contributed by atoms with van der Waals surface area (Å²) in [7, 11) is 1.40. The minimum Gasteiger partial charge on any atom is -0.469 e. The van der Waals surface area contributed by atoms with Crippen molar-refractivity contribution in [3.63, 3.8) is 0 Å². The first kappa shape index (κ1) is 18.1. The molecule has 0 amide bonds. The Balaban J connectivity index is 3.23. The van der Waals surface area contributed by atoms with Crippen LogP contribution in [0, 0.1) is 0 Å². The summed E-state index contributed by atoms with van der Waals surface area (Å²) in [6.45, 7) is 2.22. The summed E-state index contributed by atoms with van der Waals surface area (Å²) >= 11 is 0. The SMILES string of the molecule is CCCCCCCCCC(=O)CCCCC(=O)OC. The fourth-order valence-electron chi connectivity index (χ4n) is 2.10. The van der Waals surface area contributed by atoms with Crippen LogP contribution in [0.5, 0.6) is 0 Å². The number of rotatable bonds is 13. The molecule has 0 aliphatic rings. The van der Waals surface area contributed by atoms with Crippen LogP contribution in [-0.2, 0) is 14.3 Å². The molecule has 0 saturated heterocycles. The molecule has 0 unspecified atom stereocenters. The predicted octanol–water partition coefficient (Wildman–Crippen LogP) is 4.43. The number of carbonyl (C=O) groups is 2. The van der Waals surface area contributed by atoms with Gasteiger partial charge in [0, 0.05) is 19.3 Å². The fourth-order valence-corrected chi connectivity index (χ4v) is 2.10. The van der Waals surface area contributed by atoms with Crippen LogP contribution >= 0.6 is 0 Å². The van der Waals surface area contributed by atoms with Crippen molar-refractivity contribution in [2.75, 3.05) is 7.11 Å². The molecule has 19 heavy (non-hydrogen) atoms. The summed E-state index contributed by atoms with van der Waals surface area (Å²) in [6.07, 6.45) is 12.1. The van der Waals surface area contributed by atoms with Crippen molar-refractivity contribution in [2.24, 2.45) is 0 Å². The molecule has 0 radical (unpaired) electrons. The number of carbonyl (C=O) groups excluding carboxylic acids is 2. The van der Waals surface area contributed by atoms with E-state index in [9.17, 15) is 9.59 Å². The summed E-state index contributed by atoms with van der Waals surface area (Å²) < 4.78 is 4.55. The summed E-state index contributed by atoms with van der Waals surface area (Å²) in [4.78, 5) is 22.4. The van der Waals surface area contributed by atoms with Gasteiger partial charge in [0.15, 0.2) is 0 Å². The third-order valence-electron chi connectivity index (χ3n) is 3.37. The maximum absolute atomic E-state index is 11.6. The number of hydrogen-bond donors (Lipinski definition) is 0. The standard InChI is InChI=1S/C16H30O3/c1-3-4-5-6-7-8-9-12-15(17)13-10-11-14-16(18)19-2/h3-14H2,1-2H3. The zero-order valence-electron chi connectivity index (χ0n) is 12.7. The molecule has 0 aromatic carbocycles. The van der Waals surface area contributed by atoms with E-state index in [1.165, 1.54) is 45.6 Å². The van der Waals surface area contributed by atoms with E-state index in [1.54, 1.807) is 0 Å². The average Bonchev–Trinajstić information content (AvgIpc) is 2.42. The first-order valence-electron chi connectivity index (χ1n) is 7.79. The maximum atomic E-state index is 11.6. The minimum absolute atomic E-state index is 0.181. The maximum Gasteiger partial charge on any atom is 0.305 e. The van der Waals surface area contributed by atoms with Gasteiger partial charge in [0.25, 0.3) is 0 Å². The Morgan fingerprint density at radius 1 is 0.737 bits per heavy atom. The molecule has 0 N–H and O–H groups in total. The van der Waals surface area contributed by atoms with Crippen molar-refractivity contribution in [3.05, 3.63) is 0 Å². The minimum atomic E-state index is -0.181. The van der Waals surface area contributed by atoms with Crippen molar-refractivity contribution >= 4 is 11.8 Å². The monoisotopic (exact) mass is 270 g/mol. The Labute approximate surface area is 118 Å². The van der Waals surface area contributed by atoms with Crippen LogP contribution in [0.4, 0.5) is 0 Å². The highest BCUT2D eigenvalue weighted by Gasteiger charge is 2.04. The Hall–Kier alpha value is -0.860. The van der Waals surface area contributed by atoms with E-state index >= 15 is 0 Å². The van der Waals surface area contributed by atoms with Gasteiger partial charge in [-0.1, -0.05) is 45.4 Å². The Kier molecular flexibility index (Phi) is 13.0. The van der Waals surface area contributed by atoms with Crippen LogP contribution in [0.1, 0.15) is 84.0 Å². The Morgan fingerprint density at radius 2 is 1.21 bits per heavy atom. The molecule has 0 heterocycles. The Morgan fingerprint density at radius 3 is 1.79 bits per heavy atom. The highest BCUT2D eigenvalue weighted by Crippen LogP contribution is 2.10. The lowest BCUT2D eigenvalue weighted by atomic mass is 10.0. The van der Waals surface area contributed by atoms with Gasteiger partial charge < -0.3 is 4.74 Å². The lowest BCUT2D eigenvalue weighted by Gasteiger charge is -2.02. The molecule has 0 aliphatic carbocycles. The molecule has 0 aliphatic heterocycles. The van der Waals surface area contributed by atoms with Crippen LogP contribution in [0.15, 0.2) is 0 Å². The second-order valence-electron chi connectivity index (χ2n) is 5.19. The second kappa shape index (κ2) is 13.6. The van der Waals surface area contributed by atoms with E-state index in [4.69, 9.17) is 0 Å². The lowest BCUT2D eigenvalue weighted by molar-refractivity contribution is -0.140. The molecular weight excluding hydrogens is 240 g/mol. The normalized spacial score (nSPS) is 10.4. The third kappa shape index (κ3) is 13.4. The van der Waals surface area contributed by atoms with E-state index in [-0.39, 0.29) is 5.97 Å². The molecule has 0 spiro atoms. The molecule has 0 saturated carbocycles. The number of esters is 1. The zero-order valence-corrected chi connectivity index (χ0v) is 12.7. The summed E-state index contributed by atoms with van der Waals surface area (Å²) in [5, 5.41) is 0. The smallest absolute Gasteiger partial charge is 0.305 e. The van der Waals surface area contributed by atoms with Crippen LogP contribution < -0.4 is 0 Å². The second-order valence-corrected chi connectivity index (χ2v) is 5.19. The van der Waals surface area contributed by atoms with Crippen molar-refractivity contribution < 1.29 is 14.3 Å². The third-order valence-corrected chi connectivity index (χ3v) is 3.37. The van der Waals surface area contributed by atoms with E-state index in [0.717, 1.165) is 19.3 Å². The van der Waals surface area contributed by atoms with Gasteiger partial charge in [-0.3, -0.25) is 9.59 Å². The first-order valence-corrected chi connectivity index (χ1v) is 7.79. The zero-order chi connectivity index (χ0) is 14.3. The highest BCUT2D eigenvalue weighted by atomic mass is 16.5. The van der Waals surface area contributed by atoms with Gasteiger partial charge in [0.05, 0.1) is 7.11 Å². The molecule has 0 rings (SSSR count). The molecule has 3 nitrogen and oxygen atoms in total. The summed E-state index contributed by atoms with van der Waals surface area (Å²) in [5.41, 5.74) is 0. The predicted molar refractivity (Wildman–Crippen MR) is 78.1 cm³/mol. The summed E-state index contributed by atoms with van der Waals surface area (Å²) in [6, 6.07) is 0. The average molecular weight is 270 g/mol. The van der Waals surface area contributed by atoms with E-state index in [1.807, 2.05) is 0 Å². The molecule has 3 heteroatoms. The Bertz CT molecular complexity index is 236. The van der Waals surface area contributed by atoms with Crippen LogP contribution in [0.25, 0.3) is 0 Å². The van der Waals surface area contributed by atoms with Gasteiger partial charge in [-0.25, -0.2) is 0 Å². The van der Waals surface area contributed by atoms with Crippen LogP contribution in [0.2, 0.25) is 0 Å². The van der Waals surface area contributed by atoms with Gasteiger partial charge in [0.1, 0.15) is 5.78 Å². The quantitative estimate of drug-likeness (QED) is 0.367. The number of ether oxygens (including phenoxy) is 1. The number of hydrogen-bond acceptors (Lipinski definition) is 3. The number of Topliss-reactive ketones (excluding diaryl/α,β-unsaturated/α-hetero) is 1. The number of ketones is 1. The van der Waals surface area contributed by atoms with Gasteiger partial charge >= 0.3 is 5.97 Å². The van der Waals surface area contributed by atoms with Crippen LogP contribution in [0.3, 0.4) is 0 Å². The van der Waals surface area contributed by atoms with Crippen molar-refractivity contribution in [3.8, 4) is 0 Å². The largest absolute Gasteiger partial charge is 0.469 e. The molecule has 0 fully saturated rings. The molecule has 0 aromatic heterocycles. The topological polar surface area (TPSA) is 43.4 Å².